The van der Waals surface area contributed by atoms with Crippen molar-refractivity contribution in [3.8, 4) is 11.3 Å². The molecule has 2 amide bonds. The van der Waals surface area contributed by atoms with Gasteiger partial charge in [-0.3, -0.25) is 19.3 Å². The lowest BCUT2D eigenvalue weighted by atomic mass is 10.1. The van der Waals surface area contributed by atoms with Crippen LogP contribution in [0.2, 0.25) is 10.0 Å². The van der Waals surface area contributed by atoms with Gasteiger partial charge in [-0.25, -0.2) is 4.98 Å². The molecule has 4 aromatic rings. The first-order valence-corrected chi connectivity index (χ1v) is 11.5. The first kappa shape index (κ1) is 25.4. The van der Waals surface area contributed by atoms with Gasteiger partial charge in [-0.1, -0.05) is 53.5 Å². The van der Waals surface area contributed by atoms with Crippen molar-refractivity contribution in [2.45, 2.75) is 6.54 Å². The summed E-state index contributed by atoms with van der Waals surface area (Å²) in [6.07, 6.45) is 3.37. The standard InChI is InChI=1S/C26H18Cl2N4O3.ClH/c27-18-4-1-3-16(11-18)13-31(19-9-7-17(8-10-19)22-12-29-15-30-22)23(33)14-32-24-20(25(34)26(32)35)5-2-6-21(24)28;/h1-12,15H,13-14H2,(H,29,30);1H. The van der Waals surface area contributed by atoms with Gasteiger partial charge in [0.05, 0.1) is 34.8 Å². The number of nitrogens with one attached hydrogen (secondary N) is 1. The Bertz CT molecular complexity index is 1440. The highest BCUT2D eigenvalue weighted by Crippen LogP contribution is 2.36. The maximum atomic E-state index is 13.6. The molecule has 7 nitrogen and oxygen atoms in total. The topological polar surface area (TPSA) is 86.4 Å². The predicted molar refractivity (Wildman–Crippen MR) is 142 cm³/mol. The van der Waals surface area contributed by atoms with Crippen LogP contribution in [0.25, 0.3) is 11.3 Å². The molecule has 2 heterocycles. The second-order valence-electron chi connectivity index (χ2n) is 7.97. The number of aromatic nitrogens is 2. The molecule has 0 aliphatic carbocycles. The van der Waals surface area contributed by atoms with E-state index in [4.69, 9.17) is 23.2 Å². The molecular weight excluding hydrogens is 523 g/mol. The molecule has 36 heavy (non-hydrogen) atoms. The van der Waals surface area contributed by atoms with Gasteiger partial charge in [0.15, 0.2) is 0 Å². The number of para-hydroxylation sites is 1. The molecule has 0 atom stereocenters. The fourth-order valence-electron chi connectivity index (χ4n) is 4.06. The Morgan fingerprint density at radius 3 is 2.44 bits per heavy atom. The Morgan fingerprint density at radius 1 is 1.00 bits per heavy atom. The number of aromatic amines is 1. The third kappa shape index (κ3) is 4.86. The van der Waals surface area contributed by atoms with E-state index in [9.17, 15) is 14.4 Å². The van der Waals surface area contributed by atoms with Crippen molar-refractivity contribution in [2.24, 2.45) is 0 Å². The highest BCUT2D eigenvalue weighted by molar-refractivity contribution is 6.54. The summed E-state index contributed by atoms with van der Waals surface area (Å²) < 4.78 is 0. The number of rotatable bonds is 6. The van der Waals surface area contributed by atoms with Gasteiger partial charge in [0.1, 0.15) is 6.54 Å². The van der Waals surface area contributed by atoms with Crippen LogP contribution in [0, 0.1) is 0 Å². The molecule has 5 rings (SSSR count). The second kappa shape index (κ2) is 10.5. The molecule has 0 saturated carbocycles. The summed E-state index contributed by atoms with van der Waals surface area (Å²) in [7, 11) is 0. The van der Waals surface area contributed by atoms with Gasteiger partial charge in [-0.05, 0) is 42.0 Å². The molecule has 0 saturated heterocycles. The number of hydrogen-bond acceptors (Lipinski definition) is 4. The van der Waals surface area contributed by atoms with Crippen LogP contribution in [0.1, 0.15) is 15.9 Å². The zero-order valence-electron chi connectivity index (χ0n) is 18.7. The number of fused-ring (bicyclic) bond motifs is 1. The quantitative estimate of drug-likeness (QED) is 0.324. The van der Waals surface area contributed by atoms with Crippen molar-refractivity contribution in [3.05, 3.63) is 100 Å². The monoisotopic (exact) mass is 540 g/mol. The van der Waals surface area contributed by atoms with Crippen molar-refractivity contribution in [2.75, 3.05) is 16.3 Å². The van der Waals surface area contributed by atoms with E-state index in [0.29, 0.717) is 10.7 Å². The van der Waals surface area contributed by atoms with E-state index in [-0.39, 0.29) is 47.7 Å². The van der Waals surface area contributed by atoms with Crippen LogP contribution in [0.3, 0.4) is 0 Å². The Kier molecular flexibility index (Phi) is 7.45. The van der Waals surface area contributed by atoms with Crippen molar-refractivity contribution in [1.82, 2.24) is 9.97 Å². The third-order valence-electron chi connectivity index (χ3n) is 5.74. The summed E-state index contributed by atoms with van der Waals surface area (Å²) in [5, 5.41) is 0.782. The van der Waals surface area contributed by atoms with E-state index < -0.39 is 11.7 Å². The van der Waals surface area contributed by atoms with Crippen molar-refractivity contribution >= 4 is 64.6 Å². The number of benzene rings is 3. The van der Waals surface area contributed by atoms with Crippen LogP contribution < -0.4 is 9.80 Å². The number of H-pyrrole nitrogens is 1. The maximum absolute atomic E-state index is 13.6. The lowest BCUT2D eigenvalue weighted by Crippen LogP contribution is -2.42. The number of imidazole rings is 1. The largest absolute Gasteiger partial charge is 0.351 e. The minimum Gasteiger partial charge on any atom is -0.351 e. The van der Waals surface area contributed by atoms with Crippen molar-refractivity contribution in [1.29, 1.82) is 0 Å². The molecule has 10 heteroatoms. The molecule has 0 spiro atoms. The Labute approximate surface area is 223 Å². The minimum atomic E-state index is -0.780. The lowest BCUT2D eigenvalue weighted by molar-refractivity contribution is -0.120. The van der Waals surface area contributed by atoms with E-state index in [0.717, 1.165) is 21.7 Å². The van der Waals surface area contributed by atoms with E-state index in [1.165, 1.54) is 6.07 Å². The summed E-state index contributed by atoms with van der Waals surface area (Å²) >= 11 is 12.5. The number of anilines is 2. The van der Waals surface area contributed by atoms with Gasteiger partial charge in [-0.15, -0.1) is 12.4 Å². The molecule has 0 radical (unpaired) electrons. The molecule has 0 bridgehead atoms. The average Bonchev–Trinajstić information content (AvgIpc) is 3.47. The zero-order chi connectivity index (χ0) is 24.5. The van der Waals surface area contributed by atoms with Crippen LogP contribution in [-0.2, 0) is 16.1 Å². The van der Waals surface area contributed by atoms with Gasteiger partial charge in [0, 0.05) is 22.5 Å². The number of ketones is 1. The van der Waals surface area contributed by atoms with Crippen LogP contribution in [0.4, 0.5) is 11.4 Å². The molecule has 1 N–H and O–H groups in total. The molecule has 0 unspecified atom stereocenters. The second-order valence-corrected chi connectivity index (χ2v) is 8.81. The summed E-state index contributed by atoms with van der Waals surface area (Å²) in [5.74, 6) is -1.84. The fraction of sp³-hybridized carbons (Fsp3) is 0.0769. The number of carbonyl (C=O) groups is 3. The van der Waals surface area contributed by atoms with E-state index in [2.05, 4.69) is 9.97 Å². The molecule has 3 aromatic carbocycles. The van der Waals surface area contributed by atoms with Crippen LogP contribution in [0.5, 0.6) is 0 Å². The first-order valence-electron chi connectivity index (χ1n) is 10.7. The van der Waals surface area contributed by atoms with E-state index >= 15 is 0 Å². The number of Topliss-reactive ketones (excluding diaryl/α,β-unsaturated/α-hetero) is 1. The van der Waals surface area contributed by atoms with Gasteiger partial charge in [-0.2, -0.15) is 0 Å². The summed E-state index contributed by atoms with van der Waals surface area (Å²) in [5.41, 5.74) is 3.54. The number of halogens is 3. The van der Waals surface area contributed by atoms with Crippen molar-refractivity contribution in [3.63, 3.8) is 0 Å². The Morgan fingerprint density at radius 2 is 1.75 bits per heavy atom. The van der Waals surface area contributed by atoms with Crippen LogP contribution >= 0.6 is 35.6 Å². The molecule has 1 aromatic heterocycles. The van der Waals surface area contributed by atoms with Crippen LogP contribution in [-0.4, -0.2) is 34.1 Å². The highest BCUT2D eigenvalue weighted by Gasteiger charge is 2.39. The Balaban J connectivity index is 0.00000304. The highest BCUT2D eigenvalue weighted by atomic mass is 35.5. The Hall–Kier alpha value is -3.65. The van der Waals surface area contributed by atoms with Crippen molar-refractivity contribution < 1.29 is 14.4 Å². The van der Waals surface area contributed by atoms with Crippen LogP contribution in [0.15, 0.2) is 79.3 Å². The molecule has 182 valence electrons. The smallest absolute Gasteiger partial charge is 0.300 e. The van der Waals surface area contributed by atoms with Gasteiger partial charge in [0.2, 0.25) is 5.91 Å². The summed E-state index contributed by atoms with van der Waals surface area (Å²) in [4.78, 5) is 48.6. The predicted octanol–water partition coefficient (Wildman–Crippen LogP) is 5.57. The number of nitrogens with zero attached hydrogens (tertiary/aromatic N) is 3. The lowest BCUT2D eigenvalue weighted by Gasteiger charge is -2.26. The molecule has 0 fully saturated rings. The fourth-order valence-corrected chi connectivity index (χ4v) is 4.54. The normalized spacial score (nSPS) is 12.3. The number of hydrogen-bond donors (Lipinski definition) is 1. The average molecular weight is 542 g/mol. The third-order valence-corrected chi connectivity index (χ3v) is 6.28. The number of amides is 2. The molecule has 1 aliphatic rings. The minimum absolute atomic E-state index is 0. The van der Waals surface area contributed by atoms with E-state index in [1.807, 2.05) is 30.3 Å². The molecular formula is C26H19Cl3N4O3. The maximum Gasteiger partial charge on any atom is 0.300 e. The summed E-state index contributed by atoms with van der Waals surface area (Å²) in [6, 6.07) is 19.3. The molecule has 1 aliphatic heterocycles. The van der Waals surface area contributed by atoms with Gasteiger partial charge < -0.3 is 9.88 Å². The van der Waals surface area contributed by atoms with Gasteiger partial charge >= 0.3 is 0 Å². The summed E-state index contributed by atoms with van der Waals surface area (Å²) in [6.45, 7) is -0.129. The first-order chi connectivity index (χ1) is 16.9. The number of carbonyl (C=O) groups excluding carboxylic acids is 3. The van der Waals surface area contributed by atoms with E-state index in [1.54, 1.807) is 47.8 Å². The SMILES string of the molecule is Cl.O=C1C(=O)N(CC(=O)N(Cc2cccc(Cl)c2)c2ccc(-c3c[nH]cn3)cc2)c2c(Cl)cccc21. The zero-order valence-corrected chi connectivity index (χ0v) is 21.0. The van der Waals surface area contributed by atoms with Gasteiger partial charge in [0.25, 0.3) is 11.7 Å².